The van der Waals surface area contributed by atoms with Gasteiger partial charge in [-0.05, 0) is 62.3 Å². The smallest absolute Gasteiger partial charge is 0.164 e. The normalized spacial score (nSPS) is 11.3. The summed E-state index contributed by atoms with van der Waals surface area (Å²) in [4.78, 5) is 19.5. The lowest BCUT2D eigenvalue weighted by molar-refractivity contribution is 1.08. The van der Waals surface area contributed by atoms with Gasteiger partial charge in [0.1, 0.15) is 0 Å². The van der Waals surface area contributed by atoms with E-state index in [2.05, 4.69) is 65.6 Å². The maximum Gasteiger partial charge on any atom is 0.164 e. The number of aromatic nitrogens is 4. The van der Waals surface area contributed by atoms with Crippen LogP contribution in [0.4, 0.5) is 0 Å². The molecule has 6 aromatic carbocycles. The van der Waals surface area contributed by atoms with Crippen LogP contribution in [-0.4, -0.2) is 19.9 Å². The molecule has 0 radical (unpaired) electrons. The molecule has 0 aliphatic heterocycles. The van der Waals surface area contributed by atoms with Crippen molar-refractivity contribution < 1.29 is 0 Å². The fourth-order valence-electron chi connectivity index (χ4n) is 5.85. The monoisotopic (exact) mass is 536 g/mol. The Hall–Kier alpha value is -5.74. The Balaban J connectivity index is 1.53. The quantitative estimate of drug-likeness (QED) is 0.210. The topological polar surface area (TPSA) is 51.6 Å². The molecule has 8 aromatic rings. The molecule has 8 rings (SSSR count). The number of fused-ring (bicyclic) bond motifs is 6. The average molecular weight is 537 g/mol. The number of pyridine rings is 1. The first kappa shape index (κ1) is 24.1. The van der Waals surface area contributed by atoms with Gasteiger partial charge in [0.25, 0.3) is 0 Å². The van der Waals surface area contributed by atoms with Gasteiger partial charge in [-0.25, -0.2) is 15.0 Å². The number of hydrogen-bond acceptors (Lipinski definition) is 4. The molecule has 0 saturated carbocycles. The Morgan fingerprint density at radius 3 is 1.40 bits per heavy atom. The number of benzene rings is 6. The summed E-state index contributed by atoms with van der Waals surface area (Å²) in [6.45, 7) is 0. The predicted octanol–water partition coefficient (Wildman–Crippen LogP) is 9.39. The highest BCUT2D eigenvalue weighted by molar-refractivity contribution is 6.28. The summed E-state index contributed by atoms with van der Waals surface area (Å²) in [5.74, 6) is 1.93. The Bertz CT molecular complexity index is 2170. The molecule has 0 saturated heterocycles. The van der Waals surface area contributed by atoms with Crippen LogP contribution in [0.25, 0.3) is 77.6 Å². The lowest BCUT2D eigenvalue weighted by Crippen LogP contribution is -2.01. The van der Waals surface area contributed by atoms with Crippen molar-refractivity contribution in [3.63, 3.8) is 0 Å². The van der Waals surface area contributed by atoms with E-state index in [9.17, 15) is 0 Å². The molecule has 0 amide bonds. The van der Waals surface area contributed by atoms with E-state index in [-0.39, 0.29) is 0 Å². The average Bonchev–Trinajstić information content (AvgIpc) is 3.09. The number of hydrogen-bond donors (Lipinski definition) is 0. The molecular weight excluding hydrogens is 512 g/mol. The molecule has 0 fully saturated rings. The van der Waals surface area contributed by atoms with Crippen LogP contribution in [0.15, 0.2) is 146 Å². The molecular formula is C38H24N4. The van der Waals surface area contributed by atoms with E-state index >= 15 is 0 Å². The Kier molecular flexibility index (Phi) is 5.75. The first-order chi connectivity index (χ1) is 20.8. The van der Waals surface area contributed by atoms with Gasteiger partial charge < -0.3 is 0 Å². The van der Waals surface area contributed by atoms with Crippen molar-refractivity contribution in [3.05, 3.63) is 146 Å². The van der Waals surface area contributed by atoms with E-state index in [1.165, 1.54) is 21.5 Å². The van der Waals surface area contributed by atoms with Gasteiger partial charge in [0.2, 0.25) is 0 Å². The van der Waals surface area contributed by atoms with Gasteiger partial charge >= 0.3 is 0 Å². The second kappa shape index (κ2) is 10.0. The molecule has 0 atom stereocenters. The summed E-state index contributed by atoms with van der Waals surface area (Å²) in [7, 11) is 0. The maximum atomic E-state index is 5.14. The minimum Gasteiger partial charge on any atom is -0.265 e. The first-order valence-corrected chi connectivity index (χ1v) is 14.0. The number of nitrogens with zero attached hydrogens (tertiary/aromatic N) is 4. The van der Waals surface area contributed by atoms with Gasteiger partial charge in [0.05, 0.1) is 0 Å². The summed E-state index contributed by atoms with van der Waals surface area (Å²) in [5.41, 5.74) is 5.04. The van der Waals surface area contributed by atoms with Gasteiger partial charge in [-0.15, -0.1) is 0 Å². The molecule has 0 N–H and O–H groups in total. The fourth-order valence-corrected chi connectivity index (χ4v) is 5.85. The van der Waals surface area contributed by atoms with Crippen LogP contribution < -0.4 is 0 Å². The van der Waals surface area contributed by atoms with Crippen LogP contribution in [0.1, 0.15) is 0 Å². The lowest BCUT2D eigenvalue weighted by Gasteiger charge is -2.16. The van der Waals surface area contributed by atoms with E-state index in [4.69, 9.17) is 15.0 Å². The number of rotatable bonds is 4. The third kappa shape index (κ3) is 4.09. The summed E-state index contributed by atoms with van der Waals surface area (Å²) in [6.07, 6.45) is 3.67. The van der Waals surface area contributed by atoms with E-state index < -0.39 is 0 Å². The van der Waals surface area contributed by atoms with E-state index in [1.807, 2.05) is 85.2 Å². The largest absolute Gasteiger partial charge is 0.265 e. The molecule has 0 aliphatic carbocycles. The van der Waals surface area contributed by atoms with Crippen molar-refractivity contribution in [2.75, 3.05) is 0 Å². The Morgan fingerprint density at radius 2 is 0.810 bits per heavy atom. The molecule has 42 heavy (non-hydrogen) atoms. The fraction of sp³-hybridized carbons (Fsp3) is 0. The van der Waals surface area contributed by atoms with Gasteiger partial charge in [-0.2, -0.15) is 0 Å². The lowest BCUT2D eigenvalue weighted by atomic mass is 9.89. The summed E-state index contributed by atoms with van der Waals surface area (Å²) in [5, 5.41) is 7.10. The highest BCUT2D eigenvalue weighted by Gasteiger charge is 2.19. The first-order valence-electron chi connectivity index (χ1n) is 14.0. The van der Waals surface area contributed by atoms with E-state index in [0.29, 0.717) is 17.5 Å². The van der Waals surface area contributed by atoms with Crippen molar-refractivity contribution in [3.8, 4) is 45.3 Å². The molecule has 0 spiro atoms. The maximum absolute atomic E-state index is 5.14. The third-order valence-electron chi connectivity index (χ3n) is 7.80. The minimum absolute atomic E-state index is 0.643. The second-order valence-electron chi connectivity index (χ2n) is 10.3. The van der Waals surface area contributed by atoms with Crippen molar-refractivity contribution in [2.45, 2.75) is 0 Å². The highest BCUT2D eigenvalue weighted by atomic mass is 15.0. The summed E-state index contributed by atoms with van der Waals surface area (Å²) in [6, 6.07) is 46.1. The molecule has 0 bridgehead atoms. The zero-order chi connectivity index (χ0) is 27.9. The molecule has 2 aromatic heterocycles. The molecule has 0 aliphatic rings. The van der Waals surface area contributed by atoms with Gasteiger partial charge in [0.15, 0.2) is 17.5 Å². The van der Waals surface area contributed by atoms with Crippen LogP contribution in [0.2, 0.25) is 0 Å². The van der Waals surface area contributed by atoms with Crippen molar-refractivity contribution >= 4 is 32.3 Å². The van der Waals surface area contributed by atoms with E-state index in [0.717, 1.165) is 38.6 Å². The molecule has 0 unspecified atom stereocenters. The predicted molar refractivity (Wildman–Crippen MR) is 172 cm³/mol. The molecule has 2 heterocycles. The van der Waals surface area contributed by atoms with Crippen LogP contribution in [0.5, 0.6) is 0 Å². The minimum atomic E-state index is 0.643. The van der Waals surface area contributed by atoms with E-state index in [1.54, 1.807) is 0 Å². The van der Waals surface area contributed by atoms with Gasteiger partial charge in [0, 0.05) is 34.5 Å². The highest BCUT2D eigenvalue weighted by Crippen LogP contribution is 2.42. The zero-order valence-corrected chi connectivity index (χ0v) is 22.6. The molecule has 4 heteroatoms. The van der Waals surface area contributed by atoms with Crippen LogP contribution >= 0.6 is 0 Å². The summed E-state index contributed by atoms with van der Waals surface area (Å²) >= 11 is 0. The SMILES string of the molecule is c1ccc(-c2nc(-c3ccccc3)nc(-c3cc(-c4ccncc4)cc4c5ccccc5c5ccccc5c34)n2)cc1. The van der Waals surface area contributed by atoms with Crippen LogP contribution in [0, 0.1) is 0 Å². The van der Waals surface area contributed by atoms with Crippen molar-refractivity contribution in [1.82, 2.24) is 19.9 Å². The van der Waals surface area contributed by atoms with Crippen LogP contribution in [-0.2, 0) is 0 Å². The third-order valence-corrected chi connectivity index (χ3v) is 7.80. The van der Waals surface area contributed by atoms with Gasteiger partial charge in [-0.3, -0.25) is 4.98 Å². The second-order valence-corrected chi connectivity index (χ2v) is 10.3. The zero-order valence-electron chi connectivity index (χ0n) is 22.6. The molecule has 4 nitrogen and oxygen atoms in total. The van der Waals surface area contributed by atoms with Crippen molar-refractivity contribution in [2.24, 2.45) is 0 Å². The Labute approximate surface area is 243 Å². The Morgan fingerprint density at radius 1 is 0.333 bits per heavy atom. The van der Waals surface area contributed by atoms with Crippen LogP contribution in [0.3, 0.4) is 0 Å². The van der Waals surface area contributed by atoms with Crippen molar-refractivity contribution in [1.29, 1.82) is 0 Å². The molecule has 196 valence electrons. The summed E-state index contributed by atoms with van der Waals surface area (Å²) < 4.78 is 0. The van der Waals surface area contributed by atoms with Gasteiger partial charge in [-0.1, -0.05) is 109 Å². The standard InChI is InChI=1S/C38H24N4/c1-3-11-26(12-4-1)36-40-37(27-13-5-2-6-14-27)42-38(41-36)34-24-28(25-19-21-39-22-20-25)23-33-31-17-8-7-15-29(31)30-16-9-10-18-32(30)35(33)34/h1-24H.